The molecule has 21 heavy (non-hydrogen) atoms. The summed E-state index contributed by atoms with van der Waals surface area (Å²) in [6.45, 7) is 4.88. The average molecular weight is 309 g/mol. The van der Waals surface area contributed by atoms with Crippen molar-refractivity contribution >= 4 is 17.5 Å². The molecule has 0 radical (unpaired) electrons. The highest BCUT2D eigenvalue weighted by Crippen LogP contribution is 2.22. The van der Waals surface area contributed by atoms with Crippen LogP contribution in [-0.4, -0.2) is 33.1 Å². The van der Waals surface area contributed by atoms with Crippen LogP contribution in [0, 0.1) is 0 Å². The van der Waals surface area contributed by atoms with Crippen molar-refractivity contribution in [2.45, 2.75) is 26.4 Å². The number of imidazole rings is 1. The van der Waals surface area contributed by atoms with Gasteiger partial charge >= 0.3 is 0 Å². The van der Waals surface area contributed by atoms with E-state index in [0.29, 0.717) is 29.6 Å². The molecule has 1 atom stereocenters. The van der Waals surface area contributed by atoms with Gasteiger partial charge in [-0.05, 0) is 19.9 Å². The van der Waals surface area contributed by atoms with Crippen LogP contribution in [0.2, 0.25) is 5.02 Å². The molecule has 1 N–H and O–H groups in total. The predicted octanol–water partition coefficient (Wildman–Crippen LogP) is 2.15. The molecule has 0 bridgehead atoms. The van der Waals surface area contributed by atoms with Crippen molar-refractivity contribution in [3.63, 3.8) is 0 Å². The average Bonchev–Trinajstić information content (AvgIpc) is 2.93. The Morgan fingerprint density at radius 3 is 3.00 bits per heavy atom. The molecule has 1 unspecified atom stereocenters. The second kappa shape index (κ2) is 7.08. The molecule has 6 nitrogen and oxygen atoms in total. The molecular formula is C14H17ClN4O2. The third-order valence-corrected chi connectivity index (χ3v) is 3.04. The Morgan fingerprint density at radius 1 is 1.57 bits per heavy atom. The number of halogens is 1. The molecule has 0 aliphatic heterocycles. The van der Waals surface area contributed by atoms with Crippen LogP contribution in [0.15, 0.2) is 31.0 Å². The normalized spacial score (nSPS) is 12.0. The topological polar surface area (TPSA) is 69.0 Å². The number of hydrogen-bond donors (Lipinski definition) is 1. The van der Waals surface area contributed by atoms with Gasteiger partial charge < -0.3 is 14.6 Å². The summed E-state index contributed by atoms with van der Waals surface area (Å²) in [6.07, 6.45) is 6.71. The quantitative estimate of drug-likeness (QED) is 0.888. The van der Waals surface area contributed by atoms with Gasteiger partial charge in [0.2, 0.25) is 5.88 Å². The molecule has 112 valence electrons. The molecule has 2 aromatic rings. The van der Waals surface area contributed by atoms with Crippen LogP contribution < -0.4 is 10.1 Å². The minimum atomic E-state index is -0.222. The first-order chi connectivity index (χ1) is 10.1. The first kappa shape index (κ1) is 15.3. The fraction of sp³-hybridized carbons (Fsp3) is 0.357. The van der Waals surface area contributed by atoms with Gasteiger partial charge in [0.25, 0.3) is 5.91 Å². The summed E-state index contributed by atoms with van der Waals surface area (Å²) in [4.78, 5) is 20.1. The minimum Gasteiger partial charge on any atom is -0.477 e. The van der Waals surface area contributed by atoms with Crippen LogP contribution in [-0.2, 0) is 6.54 Å². The second-order valence-electron chi connectivity index (χ2n) is 4.58. The molecule has 0 fully saturated rings. The maximum atomic E-state index is 12.1. The molecule has 7 heteroatoms. The fourth-order valence-electron chi connectivity index (χ4n) is 1.86. The van der Waals surface area contributed by atoms with E-state index in [-0.39, 0.29) is 11.9 Å². The molecule has 0 saturated carbocycles. The Labute approximate surface area is 128 Å². The maximum Gasteiger partial charge on any atom is 0.253 e. The molecule has 2 aromatic heterocycles. The predicted molar refractivity (Wildman–Crippen MR) is 79.6 cm³/mol. The lowest BCUT2D eigenvalue weighted by molar-refractivity contribution is 0.0936. The number of amides is 1. The molecule has 0 aliphatic carbocycles. The molecule has 2 rings (SSSR count). The second-order valence-corrected chi connectivity index (χ2v) is 4.99. The van der Waals surface area contributed by atoms with E-state index in [0.717, 1.165) is 0 Å². The summed E-state index contributed by atoms with van der Waals surface area (Å²) in [5.41, 5.74) is 0.404. The monoisotopic (exact) mass is 308 g/mol. The Kier molecular flexibility index (Phi) is 5.16. The third kappa shape index (κ3) is 4.19. The Hall–Kier alpha value is -2.08. The van der Waals surface area contributed by atoms with Gasteiger partial charge in [-0.1, -0.05) is 11.6 Å². The van der Waals surface area contributed by atoms with Crippen LogP contribution in [0.1, 0.15) is 24.2 Å². The lowest BCUT2D eigenvalue weighted by Crippen LogP contribution is -2.35. The highest BCUT2D eigenvalue weighted by atomic mass is 35.5. The number of carbonyl (C=O) groups is 1. The number of nitrogens with zero attached hydrogens (tertiary/aromatic N) is 3. The third-order valence-electron chi connectivity index (χ3n) is 2.77. The van der Waals surface area contributed by atoms with Crippen molar-refractivity contribution in [3.05, 3.63) is 41.6 Å². The molecular weight excluding hydrogens is 292 g/mol. The van der Waals surface area contributed by atoms with E-state index in [9.17, 15) is 4.79 Å². The van der Waals surface area contributed by atoms with E-state index in [1.807, 2.05) is 24.6 Å². The lowest BCUT2D eigenvalue weighted by atomic mass is 10.2. The summed E-state index contributed by atoms with van der Waals surface area (Å²) >= 11 is 6.02. The van der Waals surface area contributed by atoms with Crippen molar-refractivity contribution in [2.24, 2.45) is 0 Å². The Balaban J connectivity index is 1.98. The molecule has 1 amide bonds. The van der Waals surface area contributed by atoms with E-state index in [1.165, 1.54) is 6.20 Å². The van der Waals surface area contributed by atoms with Gasteiger partial charge in [0.1, 0.15) is 5.02 Å². The number of ether oxygens (including phenoxy) is 1. The first-order valence-electron chi connectivity index (χ1n) is 6.65. The maximum absolute atomic E-state index is 12.1. The van der Waals surface area contributed by atoms with Gasteiger partial charge in [-0.3, -0.25) is 4.79 Å². The summed E-state index contributed by atoms with van der Waals surface area (Å²) in [7, 11) is 0. The van der Waals surface area contributed by atoms with Gasteiger partial charge in [-0.15, -0.1) is 0 Å². The number of rotatable bonds is 6. The zero-order valence-electron chi connectivity index (χ0n) is 11.9. The van der Waals surface area contributed by atoms with Crippen LogP contribution in [0.4, 0.5) is 0 Å². The number of hydrogen-bond acceptors (Lipinski definition) is 4. The number of aromatic nitrogens is 3. The van der Waals surface area contributed by atoms with Gasteiger partial charge in [0.15, 0.2) is 0 Å². The van der Waals surface area contributed by atoms with Crippen LogP contribution >= 0.6 is 11.6 Å². The lowest BCUT2D eigenvalue weighted by Gasteiger charge is -2.14. The van der Waals surface area contributed by atoms with E-state index < -0.39 is 0 Å². The summed E-state index contributed by atoms with van der Waals surface area (Å²) in [6, 6.07) is 1.51. The van der Waals surface area contributed by atoms with Gasteiger partial charge in [-0.2, -0.15) is 0 Å². The number of pyridine rings is 1. The molecule has 0 saturated heterocycles. The number of nitrogens with one attached hydrogen (secondary N) is 1. The smallest absolute Gasteiger partial charge is 0.253 e. The summed E-state index contributed by atoms with van der Waals surface area (Å²) < 4.78 is 7.13. The molecule has 0 spiro atoms. The van der Waals surface area contributed by atoms with E-state index in [1.54, 1.807) is 18.6 Å². The Bertz CT molecular complexity index is 601. The van der Waals surface area contributed by atoms with E-state index in [2.05, 4.69) is 15.3 Å². The molecule has 2 heterocycles. The molecule has 0 aliphatic rings. The highest BCUT2D eigenvalue weighted by Gasteiger charge is 2.13. The van der Waals surface area contributed by atoms with Gasteiger partial charge in [0.05, 0.1) is 18.5 Å². The zero-order valence-corrected chi connectivity index (χ0v) is 12.7. The molecule has 0 aromatic carbocycles. The van der Waals surface area contributed by atoms with Crippen molar-refractivity contribution in [3.8, 4) is 5.88 Å². The van der Waals surface area contributed by atoms with Crippen LogP contribution in [0.25, 0.3) is 0 Å². The van der Waals surface area contributed by atoms with Gasteiger partial charge in [-0.25, -0.2) is 9.97 Å². The standard InChI is InChI=1S/C14H17ClN4O2/c1-3-21-14-12(15)6-11(7-17-14)13(20)18-10(2)8-19-5-4-16-9-19/h4-7,9-10H,3,8H2,1-2H3,(H,18,20). The van der Waals surface area contributed by atoms with Crippen LogP contribution in [0.5, 0.6) is 5.88 Å². The summed E-state index contributed by atoms with van der Waals surface area (Å²) in [5.74, 6) is 0.113. The minimum absolute atomic E-state index is 0.0444. The first-order valence-corrected chi connectivity index (χ1v) is 7.03. The summed E-state index contributed by atoms with van der Waals surface area (Å²) in [5, 5.41) is 3.21. The fourth-order valence-corrected chi connectivity index (χ4v) is 2.08. The van der Waals surface area contributed by atoms with Crippen molar-refractivity contribution in [1.29, 1.82) is 0 Å². The van der Waals surface area contributed by atoms with Crippen molar-refractivity contribution in [1.82, 2.24) is 19.9 Å². The van der Waals surface area contributed by atoms with Crippen molar-refractivity contribution < 1.29 is 9.53 Å². The Morgan fingerprint density at radius 2 is 2.38 bits per heavy atom. The zero-order chi connectivity index (χ0) is 15.2. The van der Waals surface area contributed by atoms with E-state index in [4.69, 9.17) is 16.3 Å². The SMILES string of the molecule is CCOc1ncc(C(=O)NC(C)Cn2ccnc2)cc1Cl. The highest BCUT2D eigenvalue weighted by molar-refractivity contribution is 6.32. The number of carbonyl (C=O) groups excluding carboxylic acids is 1. The van der Waals surface area contributed by atoms with Gasteiger partial charge in [0, 0.05) is 31.2 Å². The van der Waals surface area contributed by atoms with Crippen molar-refractivity contribution in [2.75, 3.05) is 6.61 Å². The van der Waals surface area contributed by atoms with Crippen LogP contribution in [0.3, 0.4) is 0 Å². The van der Waals surface area contributed by atoms with E-state index >= 15 is 0 Å². The largest absolute Gasteiger partial charge is 0.477 e.